The van der Waals surface area contributed by atoms with Gasteiger partial charge in [-0.1, -0.05) is 82.5 Å². The summed E-state index contributed by atoms with van der Waals surface area (Å²) in [7, 11) is 0. The molecule has 0 fully saturated rings. The van der Waals surface area contributed by atoms with Crippen LogP contribution in [0.3, 0.4) is 0 Å². The second-order valence-electron chi connectivity index (χ2n) is 5.15. The number of nitro benzene ring substituents is 1. The van der Waals surface area contributed by atoms with Crippen molar-refractivity contribution in [3.05, 3.63) is 101 Å². The summed E-state index contributed by atoms with van der Waals surface area (Å²) in [5, 5.41) is 14.1. The third kappa shape index (κ3) is 8.92. The van der Waals surface area contributed by atoms with E-state index in [2.05, 4.69) is 11.9 Å². The Bertz CT molecular complexity index is 875. The van der Waals surface area contributed by atoms with Crippen molar-refractivity contribution in [2.24, 2.45) is 0 Å². The summed E-state index contributed by atoms with van der Waals surface area (Å²) in [6.45, 7) is 13.4. The molecule has 0 aromatic heterocycles. The average Bonchev–Trinajstić information content (AvgIpc) is 2.80. The Labute approximate surface area is 183 Å². The van der Waals surface area contributed by atoms with Crippen molar-refractivity contribution in [2.75, 3.05) is 0 Å². The molecule has 2 aromatic carbocycles. The van der Waals surface area contributed by atoms with Gasteiger partial charge in [-0.25, -0.2) is 0 Å². The molecule has 0 aliphatic heterocycles. The summed E-state index contributed by atoms with van der Waals surface area (Å²) < 4.78 is 0. The summed E-state index contributed by atoms with van der Waals surface area (Å²) >= 11 is 1.29. The zero-order valence-electron chi connectivity index (χ0n) is 18.2. The molecule has 2 rings (SSSR count). The van der Waals surface area contributed by atoms with Crippen molar-refractivity contribution >= 4 is 23.4 Å². The first kappa shape index (κ1) is 26.9. The maximum Gasteiger partial charge on any atom is 0.284 e. The minimum absolute atomic E-state index is 0.102. The summed E-state index contributed by atoms with van der Waals surface area (Å²) in [4.78, 5) is 24.7. The normalized spacial score (nSPS) is 10.2. The zero-order valence-corrected chi connectivity index (χ0v) is 19.0. The second kappa shape index (κ2) is 15.8. The van der Waals surface area contributed by atoms with E-state index in [0.29, 0.717) is 10.6 Å². The number of carbonyl (C=O) groups is 1. The molecule has 1 amide bonds. The number of hydrogen-bond donors (Lipinski definition) is 1. The zero-order chi connectivity index (χ0) is 22.9. The number of amides is 1. The predicted molar refractivity (Wildman–Crippen MR) is 127 cm³/mol. The number of hydrogen-bond acceptors (Lipinski definition) is 4. The van der Waals surface area contributed by atoms with Crippen LogP contribution in [0.2, 0.25) is 0 Å². The first-order chi connectivity index (χ1) is 14.5. The van der Waals surface area contributed by atoms with Crippen LogP contribution in [-0.4, -0.2) is 10.8 Å². The Kier molecular flexibility index (Phi) is 14.1. The van der Waals surface area contributed by atoms with E-state index in [0.717, 1.165) is 4.90 Å². The smallest absolute Gasteiger partial charge is 0.284 e. The van der Waals surface area contributed by atoms with Crippen molar-refractivity contribution in [2.45, 2.75) is 44.4 Å². The van der Waals surface area contributed by atoms with Crippen LogP contribution in [0.1, 0.15) is 45.0 Å². The van der Waals surface area contributed by atoms with Gasteiger partial charge in [0.1, 0.15) is 0 Å². The summed E-state index contributed by atoms with van der Waals surface area (Å²) in [5.41, 5.74) is 0.705. The molecule has 2 aromatic rings. The molecule has 0 unspecified atom stereocenters. The molecule has 0 spiro atoms. The highest BCUT2D eigenvalue weighted by Crippen LogP contribution is 2.35. The molecule has 0 radical (unpaired) electrons. The Morgan fingerprint density at radius 2 is 1.73 bits per heavy atom. The van der Waals surface area contributed by atoms with Gasteiger partial charge in [0, 0.05) is 22.2 Å². The quantitative estimate of drug-likeness (QED) is 0.289. The molecule has 1 N–H and O–H groups in total. The lowest BCUT2D eigenvalue weighted by molar-refractivity contribution is -0.387. The van der Waals surface area contributed by atoms with E-state index in [1.165, 1.54) is 17.8 Å². The van der Waals surface area contributed by atoms with Crippen molar-refractivity contribution < 1.29 is 9.72 Å². The van der Waals surface area contributed by atoms with Gasteiger partial charge in [-0.05, 0) is 37.3 Å². The molecule has 0 saturated carbocycles. The van der Waals surface area contributed by atoms with Crippen LogP contribution >= 0.6 is 11.8 Å². The van der Waals surface area contributed by atoms with E-state index >= 15 is 0 Å². The van der Waals surface area contributed by atoms with Crippen LogP contribution in [0.4, 0.5) is 5.69 Å². The molecule has 0 aliphatic carbocycles. The van der Waals surface area contributed by atoms with Crippen molar-refractivity contribution in [1.29, 1.82) is 0 Å². The van der Waals surface area contributed by atoms with Crippen LogP contribution in [-0.2, 0) is 0 Å². The van der Waals surface area contributed by atoms with E-state index in [9.17, 15) is 14.9 Å². The monoisotopic (exact) mass is 426 g/mol. The highest BCUT2D eigenvalue weighted by atomic mass is 32.2. The Balaban J connectivity index is 0.00000198. The highest BCUT2D eigenvalue weighted by Gasteiger charge is 2.18. The van der Waals surface area contributed by atoms with Crippen LogP contribution < -0.4 is 5.32 Å². The number of nitrogens with one attached hydrogen (secondary N) is 1. The van der Waals surface area contributed by atoms with E-state index in [4.69, 9.17) is 0 Å². The summed E-state index contributed by atoms with van der Waals surface area (Å²) in [6.07, 6.45) is 6.71. The van der Waals surface area contributed by atoms with Gasteiger partial charge in [0.05, 0.1) is 9.82 Å². The number of carbonyl (C=O) groups excluding carboxylic acids is 1. The third-order valence-corrected chi connectivity index (χ3v) is 4.44. The van der Waals surface area contributed by atoms with E-state index < -0.39 is 10.8 Å². The maximum absolute atomic E-state index is 12.4. The topological polar surface area (TPSA) is 72.2 Å². The maximum atomic E-state index is 12.4. The lowest BCUT2D eigenvalue weighted by Gasteiger charge is -2.08. The molecule has 160 valence electrons. The van der Waals surface area contributed by atoms with Gasteiger partial charge in [-0.2, -0.15) is 0 Å². The molecular weight excluding hydrogens is 396 g/mol. The SMILES string of the molecule is C=C/C=C\C(=C/C)NC(=O)c1ccc(Sc2ccccc2)c([N+](=O)[O-])c1.CC.CC. The van der Waals surface area contributed by atoms with Gasteiger partial charge in [0.2, 0.25) is 0 Å². The molecule has 0 aliphatic rings. The lowest BCUT2D eigenvalue weighted by atomic mass is 10.2. The van der Waals surface area contributed by atoms with Crippen LogP contribution in [0.15, 0.2) is 94.9 Å². The van der Waals surface area contributed by atoms with Gasteiger partial charge in [0.25, 0.3) is 11.6 Å². The molecule has 30 heavy (non-hydrogen) atoms. The number of nitrogens with zero attached hydrogens (tertiary/aromatic N) is 1. The van der Waals surface area contributed by atoms with Crippen LogP contribution in [0.25, 0.3) is 0 Å². The Morgan fingerprint density at radius 1 is 1.10 bits per heavy atom. The minimum atomic E-state index is -0.476. The number of rotatable bonds is 7. The molecule has 5 nitrogen and oxygen atoms in total. The van der Waals surface area contributed by atoms with Crippen LogP contribution in [0, 0.1) is 10.1 Å². The van der Waals surface area contributed by atoms with Crippen molar-refractivity contribution in [1.82, 2.24) is 5.32 Å². The molecular formula is C24H30N2O3S. The summed E-state index contributed by atoms with van der Waals surface area (Å²) in [5.74, 6) is -0.411. The minimum Gasteiger partial charge on any atom is -0.322 e. The number of allylic oxidation sites excluding steroid dienone is 4. The van der Waals surface area contributed by atoms with Gasteiger partial charge in [-0.15, -0.1) is 0 Å². The van der Waals surface area contributed by atoms with Gasteiger partial charge in [0.15, 0.2) is 0 Å². The molecule has 0 atom stereocenters. The van der Waals surface area contributed by atoms with Gasteiger partial charge < -0.3 is 5.32 Å². The van der Waals surface area contributed by atoms with E-state index in [-0.39, 0.29) is 11.3 Å². The average molecular weight is 427 g/mol. The van der Waals surface area contributed by atoms with Gasteiger partial charge in [-0.3, -0.25) is 14.9 Å². The van der Waals surface area contributed by atoms with E-state index in [1.54, 1.807) is 43.4 Å². The van der Waals surface area contributed by atoms with Crippen molar-refractivity contribution in [3.63, 3.8) is 0 Å². The molecule has 0 bridgehead atoms. The Hall–Kier alpha value is -3.12. The van der Waals surface area contributed by atoms with Gasteiger partial charge >= 0.3 is 0 Å². The van der Waals surface area contributed by atoms with E-state index in [1.807, 2.05) is 58.0 Å². The largest absolute Gasteiger partial charge is 0.322 e. The number of nitro groups is 1. The predicted octanol–water partition coefficient (Wildman–Crippen LogP) is 7.17. The fraction of sp³-hybridized carbons (Fsp3) is 0.208. The molecule has 0 saturated heterocycles. The van der Waals surface area contributed by atoms with Crippen molar-refractivity contribution in [3.8, 4) is 0 Å². The summed E-state index contributed by atoms with van der Waals surface area (Å²) in [6, 6.07) is 13.8. The van der Waals surface area contributed by atoms with Crippen LogP contribution in [0.5, 0.6) is 0 Å². The molecule has 0 heterocycles. The fourth-order valence-corrected chi connectivity index (χ4v) is 3.01. The second-order valence-corrected chi connectivity index (χ2v) is 6.26. The fourth-order valence-electron chi connectivity index (χ4n) is 2.09. The molecule has 6 heteroatoms. The standard InChI is InChI=1S/C20H18N2O3S.2C2H6/c1-3-5-9-16(4-2)21-20(23)15-12-13-19(18(14-15)22(24)25)26-17-10-7-6-8-11-17;2*1-2/h3-14H,1H2,2H3,(H,21,23);2*1-2H3/b9-5-,16-4+;;. The number of benzene rings is 2. The highest BCUT2D eigenvalue weighted by molar-refractivity contribution is 7.99. The lowest BCUT2D eigenvalue weighted by Crippen LogP contribution is -2.21. The first-order valence-corrected chi connectivity index (χ1v) is 10.6. The Morgan fingerprint density at radius 3 is 2.27 bits per heavy atom. The first-order valence-electron chi connectivity index (χ1n) is 9.83. The third-order valence-electron chi connectivity index (χ3n) is 3.37.